The summed E-state index contributed by atoms with van der Waals surface area (Å²) in [5.74, 6) is 0.780. The van der Waals surface area contributed by atoms with Gasteiger partial charge in [0.15, 0.2) is 0 Å². The van der Waals surface area contributed by atoms with Crippen LogP contribution < -0.4 is 4.74 Å². The quantitative estimate of drug-likeness (QED) is 0.383. The topological polar surface area (TPSA) is 62.7 Å². The average Bonchev–Trinajstić information content (AvgIpc) is 3.40. The summed E-state index contributed by atoms with van der Waals surface area (Å²) in [5.41, 5.74) is 0.100. The molecule has 35 heavy (non-hydrogen) atoms. The van der Waals surface area contributed by atoms with Gasteiger partial charge in [-0.25, -0.2) is 8.78 Å². The van der Waals surface area contributed by atoms with Gasteiger partial charge >= 0.3 is 5.97 Å². The minimum atomic E-state index is -1.48. The van der Waals surface area contributed by atoms with E-state index in [2.05, 4.69) is 21.6 Å². The molecule has 2 heterocycles. The van der Waals surface area contributed by atoms with Gasteiger partial charge in [0.05, 0.1) is 18.0 Å². The summed E-state index contributed by atoms with van der Waals surface area (Å²) in [6, 6.07) is 5.14. The molecule has 1 atom stereocenters. The Morgan fingerprint density at radius 1 is 1.31 bits per heavy atom. The van der Waals surface area contributed by atoms with E-state index in [0.29, 0.717) is 29.5 Å². The third-order valence-electron chi connectivity index (χ3n) is 7.86. The molecule has 192 valence electrons. The van der Waals surface area contributed by atoms with Crippen molar-refractivity contribution in [1.29, 1.82) is 0 Å². The molecule has 2 aromatic rings. The molecule has 2 aliphatic rings. The first-order valence-corrected chi connectivity index (χ1v) is 13.7. The Labute approximate surface area is 210 Å². The molecule has 1 N–H and O–H groups in total. The van der Waals surface area contributed by atoms with Crippen LogP contribution in [0.1, 0.15) is 68.7 Å². The van der Waals surface area contributed by atoms with Gasteiger partial charge in [0, 0.05) is 40.3 Å². The zero-order valence-corrected chi connectivity index (χ0v) is 21.3. The zero-order valence-electron chi connectivity index (χ0n) is 20.5. The number of aromatic nitrogens is 1. The zero-order chi connectivity index (χ0) is 24.8. The molecular weight excluding hydrogens is 470 g/mol. The molecule has 1 aliphatic carbocycles. The number of carboxylic acids is 1. The maximum absolute atomic E-state index is 15.7. The standard InChI is InChI=1S/C27H36F2N2O3S/c1-34-20-6-7-24-22(16-20)25(19(17-28)18-30-24)23(29)8-9-27(26(32)33)10-12-31(13-11-27)14-15-35-21-4-2-3-5-21/h6-7,16,18,21,23H,2-5,8-15,17H2,1H3,(H,32,33). The average molecular weight is 507 g/mol. The fourth-order valence-corrected chi connectivity index (χ4v) is 6.93. The smallest absolute Gasteiger partial charge is 0.309 e. The number of alkyl halides is 2. The van der Waals surface area contributed by atoms with E-state index in [1.54, 1.807) is 18.2 Å². The van der Waals surface area contributed by atoms with Crippen molar-refractivity contribution < 1.29 is 23.4 Å². The molecule has 5 nitrogen and oxygen atoms in total. The number of thioether (sulfide) groups is 1. The Balaban J connectivity index is 1.40. The first kappa shape index (κ1) is 26.1. The number of piperidine rings is 1. The van der Waals surface area contributed by atoms with E-state index in [-0.39, 0.29) is 24.0 Å². The lowest BCUT2D eigenvalue weighted by Crippen LogP contribution is -2.45. The molecule has 0 radical (unpaired) electrons. The molecule has 0 spiro atoms. The van der Waals surface area contributed by atoms with Gasteiger partial charge in [0.2, 0.25) is 0 Å². The highest BCUT2D eigenvalue weighted by Crippen LogP contribution is 2.42. The highest BCUT2D eigenvalue weighted by Gasteiger charge is 2.41. The first-order chi connectivity index (χ1) is 17.0. The van der Waals surface area contributed by atoms with Gasteiger partial charge in [0.25, 0.3) is 0 Å². The van der Waals surface area contributed by atoms with Gasteiger partial charge in [0.1, 0.15) is 18.6 Å². The number of halogens is 2. The number of hydrogen-bond donors (Lipinski definition) is 1. The van der Waals surface area contributed by atoms with Gasteiger partial charge in [-0.2, -0.15) is 11.8 Å². The molecular formula is C27H36F2N2O3S. The van der Waals surface area contributed by atoms with Crippen LogP contribution in [-0.2, 0) is 11.5 Å². The van der Waals surface area contributed by atoms with Gasteiger partial charge < -0.3 is 14.7 Å². The number of carbonyl (C=O) groups is 1. The number of benzene rings is 1. The van der Waals surface area contributed by atoms with Crippen molar-refractivity contribution >= 4 is 28.6 Å². The number of nitrogens with zero attached hydrogens (tertiary/aromatic N) is 2. The van der Waals surface area contributed by atoms with Crippen LogP contribution in [0.2, 0.25) is 0 Å². The van der Waals surface area contributed by atoms with Crippen molar-refractivity contribution in [1.82, 2.24) is 9.88 Å². The second-order valence-corrected chi connectivity index (χ2v) is 11.3. The van der Waals surface area contributed by atoms with Crippen molar-refractivity contribution in [2.45, 2.75) is 69.5 Å². The van der Waals surface area contributed by atoms with Crippen LogP contribution in [0.5, 0.6) is 5.75 Å². The predicted octanol–water partition coefficient (Wildman–Crippen LogP) is 6.35. The third-order valence-corrected chi connectivity index (χ3v) is 9.22. The highest BCUT2D eigenvalue weighted by molar-refractivity contribution is 7.99. The van der Waals surface area contributed by atoms with Crippen molar-refractivity contribution in [3.8, 4) is 5.75 Å². The largest absolute Gasteiger partial charge is 0.497 e. The molecule has 1 unspecified atom stereocenters. The number of ether oxygens (including phenoxy) is 1. The van der Waals surface area contributed by atoms with Crippen LogP contribution >= 0.6 is 11.8 Å². The minimum Gasteiger partial charge on any atom is -0.497 e. The Kier molecular flexibility index (Phi) is 8.87. The Morgan fingerprint density at radius 3 is 2.71 bits per heavy atom. The van der Waals surface area contributed by atoms with E-state index in [1.807, 2.05) is 0 Å². The second kappa shape index (κ2) is 11.9. The number of aliphatic carboxylic acids is 1. The number of likely N-dealkylation sites (tertiary alicyclic amines) is 1. The lowest BCUT2D eigenvalue weighted by Gasteiger charge is -2.39. The number of methoxy groups -OCH3 is 1. The second-order valence-electron chi connectivity index (χ2n) is 9.92. The number of hydrogen-bond acceptors (Lipinski definition) is 5. The van der Waals surface area contributed by atoms with Crippen LogP contribution in [0.15, 0.2) is 24.4 Å². The van der Waals surface area contributed by atoms with Crippen LogP contribution in [0.4, 0.5) is 8.78 Å². The minimum absolute atomic E-state index is 0.0349. The third kappa shape index (κ3) is 6.08. The maximum Gasteiger partial charge on any atom is 0.309 e. The maximum atomic E-state index is 15.7. The van der Waals surface area contributed by atoms with Crippen LogP contribution in [-0.4, -0.2) is 58.7 Å². The number of rotatable bonds is 11. The Bertz CT molecular complexity index is 1000. The number of pyridine rings is 1. The molecule has 1 aromatic carbocycles. The van der Waals surface area contributed by atoms with E-state index < -0.39 is 24.2 Å². The summed E-state index contributed by atoms with van der Waals surface area (Å²) < 4.78 is 34.7. The van der Waals surface area contributed by atoms with E-state index in [0.717, 1.165) is 30.6 Å². The predicted molar refractivity (Wildman–Crippen MR) is 137 cm³/mol. The number of carboxylic acid groups (broad SMARTS) is 1. The van der Waals surface area contributed by atoms with Crippen LogP contribution in [0.3, 0.4) is 0 Å². The summed E-state index contributed by atoms with van der Waals surface area (Å²) >= 11 is 2.05. The molecule has 8 heteroatoms. The lowest BCUT2D eigenvalue weighted by molar-refractivity contribution is -0.153. The molecule has 0 bridgehead atoms. The normalized spacial score (nSPS) is 19.7. The highest BCUT2D eigenvalue weighted by atomic mass is 32.2. The summed E-state index contributed by atoms with van der Waals surface area (Å²) in [6.45, 7) is 1.60. The Hall–Kier alpha value is -1.93. The van der Waals surface area contributed by atoms with E-state index in [1.165, 1.54) is 39.0 Å². The van der Waals surface area contributed by atoms with Gasteiger partial charge in [-0.05, 0) is 69.8 Å². The molecule has 2 fully saturated rings. The molecule has 1 saturated carbocycles. The fourth-order valence-electron chi connectivity index (χ4n) is 5.56. The van der Waals surface area contributed by atoms with Gasteiger partial charge in [-0.1, -0.05) is 12.8 Å². The van der Waals surface area contributed by atoms with E-state index in [9.17, 15) is 14.3 Å². The number of fused-ring (bicyclic) bond motifs is 1. The molecule has 4 rings (SSSR count). The summed E-state index contributed by atoms with van der Waals surface area (Å²) in [6.07, 6.45) is 6.53. The molecule has 0 amide bonds. The van der Waals surface area contributed by atoms with Crippen molar-refractivity contribution in [3.05, 3.63) is 35.5 Å². The summed E-state index contributed by atoms with van der Waals surface area (Å²) in [5, 5.41) is 11.4. The van der Waals surface area contributed by atoms with Gasteiger partial charge in [-0.3, -0.25) is 9.78 Å². The van der Waals surface area contributed by atoms with Gasteiger partial charge in [-0.15, -0.1) is 0 Å². The van der Waals surface area contributed by atoms with Crippen molar-refractivity contribution in [2.24, 2.45) is 5.41 Å². The Morgan fingerprint density at radius 2 is 2.06 bits per heavy atom. The molecule has 1 saturated heterocycles. The first-order valence-electron chi connectivity index (χ1n) is 12.7. The SMILES string of the molecule is COc1ccc2ncc(CF)c(C(F)CCC3(C(=O)O)CCN(CCSC4CCCC4)CC3)c2c1. The molecule has 1 aliphatic heterocycles. The van der Waals surface area contributed by atoms with E-state index in [4.69, 9.17) is 4.74 Å². The fraction of sp³-hybridized carbons (Fsp3) is 0.630. The summed E-state index contributed by atoms with van der Waals surface area (Å²) in [7, 11) is 1.52. The van der Waals surface area contributed by atoms with Crippen LogP contribution in [0.25, 0.3) is 10.9 Å². The lowest BCUT2D eigenvalue weighted by atomic mass is 9.74. The molecule has 1 aromatic heterocycles. The van der Waals surface area contributed by atoms with Crippen molar-refractivity contribution in [2.75, 3.05) is 32.5 Å². The van der Waals surface area contributed by atoms with E-state index >= 15 is 4.39 Å². The van der Waals surface area contributed by atoms with Crippen LogP contribution in [0, 0.1) is 5.41 Å². The monoisotopic (exact) mass is 506 g/mol. The van der Waals surface area contributed by atoms with Crippen molar-refractivity contribution in [3.63, 3.8) is 0 Å². The summed E-state index contributed by atoms with van der Waals surface area (Å²) in [4.78, 5) is 18.9.